The lowest BCUT2D eigenvalue weighted by molar-refractivity contribution is 0.392. The zero-order valence-corrected chi connectivity index (χ0v) is 15.0. The molecule has 0 saturated heterocycles. The number of aromatic amines is 1. The molecule has 7 nitrogen and oxygen atoms in total. The highest BCUT2D eigenvalue weighted by Gasteiger charge is 2.13. The smallest absolute Gasteiger partial charge is 0.331 e. The zero-order valence-electron chi connectivity index (χ0n) is 15.0. The molecule has 1 aromatic carbocycles. The lowest BCUT2D eigenvalue weighted by atomic mass is 10.1. The number of H-pyrrole nitrogens is 1. The molecule has 0 radical (unpaired) electrons. The van der Waals surface area contributed by atoms with Crippen LogP contribution in [0.5, 0.6) is 5.88 Å². The van der Waals surface area contributed by atoms with E-state index >= 15 is 0 Å². The monoisotopic (exact) mass is 367 g/mol. The first kappa shape index (κ1) is 18.4. The van der Waals surface area contributed by atoms with Crippen molar-refractivity contribution in [1.29, 1.82) is 0 Å². The normalized spacial score (nSPS) is 11.3. The molecule has 2 heterocycles. The van der Waals surface area contributed by atoms with Crippen molar-refractivity contribution < 1.29 is 9.52 Å². The number of unbranched alkanes of at least 4 members (excludes halogenated alkanes) is 1. The Balaban J connectivity index is 1.86. The SMILES string of the molecule is CCCCc1ccc(N=Cc2c(O)n(Cc3ccco3)c(=O)[nH]c2=O)cc1. The molecule has 0 saturated carbocycles. The summed E-state index contributed by atoms with van der Waals surface area (Å²) in [5, 5.41) is 10.4. The molecule has 0 bridgehead atoms. The van der Waals surface area contributed by atoms with Crippen molar-refractivity contribution in [3.8, 4) is 5.88 Å². The van der Waals surface area contributed by atoms with E-state index in [1.165, 1.54) is 18.0 Å². The Morgan fingerprint density at radius 1 is 1.22 bits per heavy atom. The van der Waals surface area contributed by atoms with Gasteiger partial charge in [0.25, 0.3) is 5.56 Å². The first-order valence-electron chi connectivity index (χ1n) is 8.80. The highest BCUT2D eigenvalue weighted by atomic mass is 16.3. The van der Waals surface area contributed by atoms with Gasteiger partial charge in [-0.25, -0.2) is 4.79 Å². The van der Waals surface area contributed by atoms with E-state index in [0.717, 1.165) is 23.8 Å². The molecule has 27 heavy (non-hydrogen) atoms. The maximum atomic E-state index is 12.1. The third-order valence-corrected chi connectivity index (χ3v) is 4.20. The summed E-state index contributed by atoms with van der Waals surface area (Å²) in [5.74, 6) is 0.0217. The standard InChI is InChI=1S/C20H21N3O4/c1-2-3-5-14-7-9-15(10-8-14)21-12-17-18(24)22-20(26)23(19(17)25)13-16-6-4-11-27-16/h4,6-12,25H,2-3,5,13H2,1H3,(H,22,24,26). The second-order valence-electron chi connectivity index (χ2n) is 6.19. The zero-order chi connectivity index (χ0) is 19.2. The Bertz CT molecular complexity index is 1030. The van der Waals surface area contributed by atoms with Crippen molar-refractivity contribution >= 4 is 11.9 Å². The molecule has 2 aromatic heterocycles. The van der Waals surface area contributed by atoms with Crippen molar-refractivity contribution in [2.45, 2.75) is 32.7 Å². The molecule has 0 aliphatic heterocycles. The molecule has 0 atom stereocenters. The molecule has 0 amide bonds. The molecule has 2 N–H and O–H groups in total. The number of aliphatic imine (C=N–C) groups is 1. The van der Waals surface area contributed by atoms with Gasteiger partial charge in [-0.3, -0.25) is 19.3 Å². The topological polar surface area (TPSA) is 101 Å². The molecule has 0 aliphatic carbocycles. The van der Waals surface area contributed by atoms with Crippen LogP contribution < -0.4 is 11.2 Å². The van der Waals surface area contributed by atoms with Crippen molar-refractivity contribution in [3.63, 3.8) is 0 Å². The molecule has 0 fully saturated rings. The Kier molecular flexibility index (Phi) is 5.71. The second kappa shape index (κ2) is 8.35. The van der Waals surface area contributed by atoms with Gasteiger partial charge in [0.05, 0.1) is 18.5 Å². The van der Waals surface area contributed by atoms with Crippen LogP contribution in [0.4, 0.5) is 5.69 Å². The molecular weight excluding hydrogens is 346 g/mol. The average molecular weight is 367 g/mol. The highest BCUT2D eigenvalue weighted by molar-refractivity contribution is 5.84. The number of aryl methyl sites for hydroxylation is 1. The van der Waals surface area contributed by atoms with Gasteiger partial charge in [-0.2, -0.15) is 0 Å². The van der Waals surface area contributed by atoms with Crippen LogP contribution in [-0.2, 0) is 13.0 Å². The Hall–Kier alpha value is -3.35. The van der Waals surface area contributed by atoms with Gasteiger partial charge in [0.1, 0.15) is 11.3 Å². The second-order valence-corrected chi connectivity index (χ2v) is 6.19. The number of nitrogens with one attached hydrogen (secondary N) is 1. The van der Waals surface area contributed by atoms with Gasteiger partial charge in [-0.15, -0.1) is 0 Å². The molecule has 0 spiro atoms. The van der Waals surface area contributed by atoms with E-state index in [2.05, 4.69) is 16.9 Å². The maximum absolute atomic E-state index is 12.1. The van der Waals surface area contributed by atoms with Crippen LogP contribution in [0.1, 0.15) is 36.7 Å². The lowest BCUT2D eigenvalue weighted by Crippen LogP contribution is -2.32. The minimum Gasteiger partial charge on any atom is -0.494 e. The number of aromatic nitrogens is 2. The number of furan rings is 1. The van der Waals surface area contributed by atoms with Gasteiger partial charge in [0, 0.05) is 6.21 Å². The predicted octanol–water partition coefficient (Wildman–Crippen LogP) is 2.98. The molecule has 3 aromatic rings. The number of hydrogen-bond acceptors (Lipinski definition) is 5. The van der Waals surface area contributed by atoms with Crippen molar-refractivity contribution in [3.05, 3.63) is 80.4 Å². The van der Waals surface area contributed by atoms with Crippen LogP contribution >= 0.6 is 0 Å². The number of aromatic hydroxyl groups is 1. The maximum Gasteiger partial charge on any atom is 0.331 e. The minimum absolute atomic E-state index is 0.00140. The van der Waals surface area contributed by atoms with Crippen LogP contribution in [0.15, 0.2) is 61.7 Å². The first-order valence-corrected chi connectivity index (χ1v) is 8.80. The number of hydrogen-bond donors (Lipinski definition) is 2. The number of rotatable bonds is 7. The minimum atomic E-state index is -0.716. The summed E-state index contributed by atoms with van der Waals surface area (Å²) in [6, 6.07) is 11.0. The van der Waals surface area contributed by atoms with Gasteiger partial charge in [0.2, 0.25) is 5.88 Å². The fraction of sp³-hybridized carbons (Fsp3) is 0.250. The van der Waals surface area contributed by atoms with Gasteiger partial charge < -0.3 is 9.52 Å². The van der Waals surface area contributed by atoms with Crippen molar-refractivity contribution in [1.82, 2.24) is 9.55 Å². The van der Waals surface area contributed by atoms with Crippen molar-refractivity contribution in [2.24, 2.45) is 4.99 Å². The largest absolute Gasteiger partial charge is 0.494 e. The summed E-state index contributed by atoms with van der Waals surface area (Å²) in [7, 11) is 0. The van der Waals surface area contributed by atoms with E-state index in [0.29, 0.717) is 11.4 Å². The van der Waals surface area contributed by atoms with E-state index in [4.69, 9.17) is 4.42 Å². The Morgan fingerprint density at radius 2 is 2.00 bits per heavy atom. The van der Waals surface area contributed by atoms with Crippen LogP contribution in [-0.4, -0.2) is 20.9 Å². The van der Waals surface area contributed by atoms with E-state index in [9.17, 15) is 14.7 Å². The van der Waals surface area contributed by atoms with Gasteiger partial charge in [-0.1, -0.05) is 25.5 Å². The van der Waals surface area contributed by atoms with E-state index in [1.54, 1.807) is 12.1 Å². The molecule has 140 valence electrons. The predicted molar refractivity (Wildman–Crippen MR) is 103 cm³/mol. The van der Waals surface area contributed by atoms with Crippen LogP contribution in [0.3, 0.4) is 0 Å². The van der Waals surface area contributed by atoms with E-state index in [-0.39, 0.29) is 12.1 Å². The number of benzene rings is 1. The molecular formula is C20H21N3O4. The van der Waals surface area contributed by atoms with Gasteiger partial charge >= 0.3 is 5.69 Å². The van der Waals surface area contributed by atoms with E-state index in [1.807, 2.05) is 24.3 Å². The quantitative estimate of drug-likeness (QED) is 0.627. The molecule has 0 aliphatic rings. The molecule has 3 rings (SSSR count). The van der Waals surface area contributed by atoms with Crippen LogP contribution in [0, 0.1) is 0 Å². The van der Waals surface area contributed by atoms with E-state index < -0.39 is 17.1 Å². The summed E-state index contributed by atoms with van der Waals surface area (Å²) >= 11 is 0. The fourth-order valence-electron chi connectivity index (χ4n) is 2.67. The summed E-state index contributed by atoms with van der Waals surface area (Å²) in [5.41, 5.74) is 0.375. The Morgan fingerprint density at radius 3 is 2.67 bits per heavy atom. The van der Waals surface area contributed by atoms with Gasteiger partial charge in [0.15, 0.2) is 0 Å². The van der Waals surface area contributed by atoms with Gasteiger partial charge in [-0.05, 0) is 42.7 Å². The molecule has 7 heteroatoms. The third kappa shape index (κ3) is 4.44. The third-order valence-electron chi connectivity index (χ3n) is 4.20. The summed E-state index contributed by atoms with van der Waals surface area (Å²) in [4.78, 5) is 30.5. The average Bonchev–Trinajstić information content (AvgIpc) is 3.17. The summed E-state index contributed by atoms with van der Waals surface area (Å²) < 4.78 is 6.21. The fourth-order valence-corrected chi connectivity index (χ4v) is 2.67. The molecule has 0 unspecified atom stereocenters. The van der Waals surface area contributed by atoms with Crippen molar-refractivity contribution in [2.75, 3.05) is 0 Å². The summed E-state index contributed by atoms with van der Waals surface area (Å²) in [6.07, 6.45) is 6.00. The highest BCUT2D eigenvalue weighted by Crippen LogP contribution is 2.16. The number of nitrogens with zero attached hydrogens (tertiary/aromatic N) is 2. The Labute approximate surface area is 155 Å². The first-order chi connectivity index (χ1) is 13.1. The van der Waals surface area contributed by atoms with Crippen LogP contribution in [0.2, 0.25) is 0 Å². The summed E-state index contributed by atoms with van der Waals surface area (Å²) in [6.45, 7) is 2.15. The van der Waals surface area contributed by atoms with Crippen LogP contribution in [0.25, 0.3) is 0 Å². The lowest BCUT2D eigenvalue weighted by Gasteiger charge is -2.07.